The molecule has 0 spiro atoms. The zero-order chi connectivity index (χ0) is 19.3. The van der Waals surface area contributed by atoms with Crippen molar-refractivity contribution in [3.05, 3.63) is 45.6 Å². The number of aliphatic hydroxyl groups is 1. The Hall–Kier alpha value is -2.12. The van der Waals surface area contributed by atoms with Crippen LogP contribution in [0.15, 0.2) is 35.1 Å². The van der Waals surface area contributed by atoms with Gasteiger partial charge in [0.15, 0.2) is 5.13 Å². The van der Waals surface area contributed by atoms with Gasteiger partial charge in [-0.2, -0.15) is 0 Å². The molecule has 6 nitrogen and oxygen atoms in total. The smallest absolute Gasteiger partial charge is 0.270 e. The largest absolute Gasteiger partial charge is 0.396 e. The fourth-order valence-electron chi connectivity index (χ4n) is 4.18. The van der Waals surface area contributed by atoms with Crippen molar-refractivity contribution in [2.75, 3.05) is 25.0 Å². The molecule has 5 rings (SSSR count). The predicted molar refractivity (Wildman–Crippen MR) is 110 cm³/mol. The van der Waals surface area contributed by atoms with Gasteiger partial charge in [-0.05, 0) is 43.4 Å². The van der Waals surface area contributed by atoms with Crippen molar-refractivity contribution in [3.63, 3.8) is 0 Å². The lowest BCUT2D eigenvalue weighted by molar-refractivity contribution is -0.128. The van der Waals surface area contributed by atoms with Crippen LogP contribution in [-0.4, -0.2) is 46.6 Å². The second kappa shape index (κ2) is 6.74. The van der Waals surface area contributed by atoms with E-state index >= 15 is 0 Å². The van der Waals surface area contributed by atoms with Gasteiger partial charge in [0.2, 0.25) is 0 Å². The second-order valence-electron chi connectivity index (χ2n) is 8.41. The van der Waals surface area contributed by atoms with E-state index in [4.69, 9.17) is 4.98 Å². The van der Waals surface area contributed by atoms with Crippen molar-refractivity contribution in [2.45, 2.75) is 45.2 Å². The van der Waals surface area contributed by atoms with E-state index in [2.05, 4.69) is 29.7 Å². The zero-order valence-electron chi connectivity index (χ0n) is 16.1. The molecule has 148 valence electrons. The van der Waals surface area contributed by atoms with E-state index in [0.29, 0.717) is 18.8 Å². The Morgan fingerprint density at radius 2 is 2.36 bits per heavy atom. The molecule has 1 atom stereocenters. The molecular formula is C21H26N4O2S. The molecule has 28 heavy (non-hydrogen) atoms. The average Bonchev–Trinajstić information content (AvgIpc) is 3.16. The topological polar surface area (TPSA) is 77.5 Å². The highest BCUT2D eigenvalue weighted by molar-refractivity contribution is 7.15. The van der Waals surface area contributed by atoms with Crippen LogP contribution in [0.1, 0.15) is 36.8 Å². The van der Waals surface area contributed by atoms with Gasteiger partial charge in [-0.25, -0.2) is 4.98 Å². The molecule has 4 aliphatic rings. The fourth-order valence-corrected chi connectivity index (χ4v) is 5.20. The molecule has 0 radical (unpaired) electrons. The van der Waals surface area contributed by atoms with Crippen molar-refractivity contribution in [2.24, 2.45) is 5.41 Å². The van der Waals surface area contributed by atoms with Crippen molar-refractivity contribution >= 4 is 22.4 Å². The third kappa shape index (κ3) is 3.16. The molecule has 1 aromatic rings. The number of hydrogen-bond donors (Lipinski definition) is 3. The lowest BCUT2D eigenvalue weighted by atomic mass is 9.96. The van der Waals surface area contributed by atoms with Crippen LogP contribution in [0.4, 0.5) is 5.13 Å². The van der Waals surface area contributed by atoms with Crippen molar-refractivity contribution in [1.82, 2.24) is 15.2 Å². The molecule has 0 saturated heterocycles. The molecule has 1 amide bonds. The number of fused-ring (bicyclic) bond motifs is 2. The summed E-state index contributed by atoms with van der Waals surface area (Å²) >= 11 is 1.64. The van der Waals surface area contributed by atoms with E-state index in [9.17, 15) is 9.90 Å². The summed E-state index contributed by atoms with van der Waals surface area (Å²) < 4.78 is 0. The number of carbonyl (C=O) groups excluding carboxylic acids is 1. The van der Waals surface area contributed by atoms with Gasteiger partial charge in [0.1, 0.15) is 5.70 Å². The molecule has 3 heterocycles. The van der Waals surface area contributed by atoms with Gasteiger partial charge in [0.25, 0.3) is 5.91 Å². The summed E-state index contributed by atoms with van der Waals surface area (Å²) in [5, 5.41) is 17.2. The van der Waals surface area contributed by atoms with Crippen molar-refractivity contribution in [3.8, 4) is 0 Å². The number of hydrogen-bond acceptors (Lipinski definition) is 6. The number of amides is 1. The van der Waals surface area contributed by atoms with E-state index in [1.54, 1.807) is 11.3 Å². The van der Waals surface area contributed by atoms with Crippen LogP contribution >= 0.6 is 11.3 Å². The molecule has 2 aliphatic carbocycles. The van der Waals surface area contributed by atoms with E-state index in [0.717, 1.165) is 43.1 Å². The van der Waals surface area contributed by atoms with Gasteiger partial charge < -0.3 is 20.6 Å². The lowest BCUT2D eigenvalue weighted by Gasteiger charge is -2.27. The van der Waals surface area contributed by atoms with Crippen LogP contribution in [-0.2, 0) is 17.8 Å². The Labute approximate surface area is 169 Å². The molecular weight excluding hydrogens is 372 g/mol. The fraction of sp³-hybridized carbons (Fsp3) is 0.524. The summed E-state index contributed by atoms with van der Waals surface area (Å²) in [6.45, 7) is 4.44. The maximum Gasteiger partial charge on any atom is 0.270 e. The molecule has 1 unspecified atom stereocenters. The normalized spacial score (nSPS) is 24.4. The molecule has 1 saturated carbocycles. The number of allylic oxidation sites excluding steroid dienone is 2. The number of aromatic nitrogens is 1. The van der Waals surface area contributed by atoms with Crippen molar-refractivity contribution < 1.29 is 9.90 Å². The van der Waals surface area contributed by atoms with Crippen LogP contribution < -0.4 is 10.6 Å². The third-order valence-electron chi connectivity index (χ3n) is 6.36. The molecule has 7 heteroatoms. The first-order chi connectivity index (χ1) is 13.6. The first kappa shape index (κ1) is 17.9. The van der Waals surface area contributed by atoms with Gasteiger partial charge in [-0.15, -0.1) is 0 Å². The van der Waals surface area contributed by atoms with Gasteiger partial charge in [0.05, 0.1) is 24.9 Å². The zero-order valence-corrected chi connectivity index (χ0v) is 16.9. The quantitative estimate of drug-likeness (QED) is 0.710. The monoisotopic (exact) mass is 398 g/mol. The number of aliphatic hydroxyl groups excluding tert-OH is 1. The predicted octanol–water partition coefficient (Wildman–Crippen LogP) is 2.34. The number of nitrogens with one attached hydrogen (secondary N) is 2. The maximum absolute atomic E-state index is 13.1. The Balaban J connectivity index is 1.26. The van der Waals surface area contributed by atoms with E-state index in [-0.39, 0.29) is 24.0 Å². The number of carbonyl (C=O) groups is 1. The van der Waals surface area contributed by atoms with Crippen LogP contribution in [0.5, 0.6) is 0 Å². The summed E-state index contributed by atoms with van der Waals surface area (Å²) in [6.07, 6.45) is 10.2. The Kier molecular flexibility index (Phi) is 4.32. The van der Waals surface area contributed by atoms with Crippen molar-refractivity contribution in [1.29, 1.82) is 0 Å². The minimum Gasteiger partial charge on any atom is -0.396 e. The Morgan fingerprint density at radius 3 is 3.11 bits per heavy atom. The Bertz CT molecular complexity index is 910. The number of thiazole rings is 1. The first-order valence-corrected chi connectivity index (χ1v) is 10.9. The molecule has 3 N–H and O–H groups in total. The summed E-state index contributed by atoms with van der Waals surface area (Å²) in [4.78, 5) is 20.9. The molecule has 1 aromatic heterocycles. The average molecular weight is 399 g/mol. The molecule has 0 bridgehead atoms. The lowest BCUT2D eigenvalue weighted by Crippen LogP contribution is -2.40. The summed E-state index contributed by atoms with van der Waals surface area (Å²) in [5.41, 5.74) is 4.36. The minimum atomic E-state index is 0.0627. The van der Waals surface area contributed by atoms with Gasteiger partial charge in [-0.3, -0.25) is 4.79 Å². The van der Waals surface area contributed by atoms with Crippen LogP contribution in [0.3, 0.4) is 0 Å². The summed E-state index contributed by atoms with van der Waals surface area (Å²) in [7, 11) is 0. The highest BCUT2D eigenvalue weighted by atomic mass is 32.1. The standard InChI is InChI=1S/C21H26N4O2S/c1-13-3-2-4-15-14(13)9-17(23-15)19(27)25-8-5-16-18(10-25)28-20(24-16)22-11-21(12-26)6-7-21/h2-3,9,15,23,26H,4-8,10-12H2,1H3,(H,22,24). The Morgan fingerprint density at radius 1 is 1.50 bits per heavy atom. The van der Waals surface area contributed by atoms with Gasteiger partial charge in [0, 0.05) is 29.8 Å². The molecule has 0 aromatic carbocycles. The van der Waals surface area contributed by atoms with E-state index in [1.165, 1.54) is 16.0 Å². The van der Waals surface area contributed by atoms with Gasteiger partial charge in [-0.1, -0.05) is 23.5 Å². The van der Waals surface area contributed by atoms with E-state index < -0.39 is 0 Å². The number of anilines is 1. The minimum absolute atomic E-state index is 0.0627. The maximum atomic E-state index is 13.1. The SMILES string of the molecule is CC1=C2C=C(C(=O)N3CCc4nc(NCC5(CO)CC5)sc4C3)NC2CC=C1. The molecule has 2 aliphatic heterocycles. The van der Waals surface area contributed by atoms with E-state index in [1.807, 2.05) is 11.0 Å². The molecule has 1 fully saturated rings. The summed E-state index contributed by atoms with van der Waals surface area (Å²) in [6, 6.07) is 0.241. The van der Waals surface area contributed by atoms with Crippen LogP contribution in [0, 0.1) is 5.41 Å². The van der Waals surface area contributed by atoms with Crippen LogP contribution in [0.25, 0.3) is 0 Å². The summed E-state index contributed by atoms with van der Waals surface area (Å²) in [5.74, 6) is 0.0838. The first-order valence-electron chi connectivity index (χ1n) is 10.0. The van der Waals surface area contributed by atoms with Gasteiger partial charge >= 0.3 is 0 Å². The highest BCUT2D eigenvalue weighted by Gasteiger charge is 2.42. The number of nitrogens with zero attached hydrogens (tertiary/aromatic N) is 2. The third-order valence-corrected chi connectivity index (χ3v) is 7.40. The second-order valence-corrected chi connectivity index (χ2v) is 9.49. The highest BCUT2D eigenvalue weighted by Crippen LogP contribution is 2.45. The number of rotatable bonds is 5. The van der Waals surface area contributed by atoms with Crippen LogP contribution in [0.2, 0.25) is 0 Å².